The second-order valence-electron chi connectivity index (χ2n) is 6.58. The van der Waals surface area contributed by atoms with Gasteiger partial charge in [0.15, 0.2) is 0 Å². The number of nitrogens with one attached hydrogen (secondary N) is 1. The number of carbonyl (C=O) groups excluding carboxylic acids is 1. The zero-order valence-corrected chi connectivity index (χ0v) is 14.2. The van der Waals surface area contributed by atoms with Crippen molar-refractivity contribution in [2.45, 2.75) is 37.8 Å². The molecular weight excluding hydrogens is 290 g/mol. The molecule has 0 aliphatic rings. The first kappa shape index (κ1) is 16.6. The Morgan fingerprint density at radius 1 is 1.00 bits per heavy atom. The van der Waals surface area contributed by atoms with E-state index < -0.39 is 0 Å². The maximum absolute atomic E-state index is 11.9. The molecule has 2 rings (SSSR count). The number of amides is 1. The summed E-state index contributed by atoms with van der Waals surface area (Å²) >= 11 is 1.80. The van der Waals surface area contributed by atoms with Gasteiger partial charge in [0.2, 0.25) is 5.91 Å². The van der Waals surface area contributed by atoms with Crippen LogP contribution < -0.4 is 5.32 Å². The van der Waals surface area contributed by atoms with Crippen LogP contribution in [-0.4, -0.2) is 5.91 Å². The van der Waals surface area contributed by atoms with Crippen molar-refractivity contribution in [3.05, 3.63) is 60.2 Å². The van der Waals surface area contributed by atoms with E-state index in [-0.39, 0.29) is 11.3 Å². The Morgan fingerprint density at radius 2 is 1.64 bits per heavy atom. The highest BCUT2D eigenvalue weighted by atomic mass is 32.2. The van der Waals surface area contributed by atoms with Gasteiger partial charge in [-0.3, -0.25) is 4.79 Å². The summed E-state index contributed by atoms with van der Waals surface area (Å²) in [5.74, 6) is 1.02. The molecule has 0 aromatic heterocycles. The molecule has 1 N–H and O–H groups in total. The van der Waals surface area contributed by atoms with E-state index >= 15 is 0 Å². The molecule has 3 heteroatoms. The third-order valence-electron chi connectivity index (χ3n) is 3.08. The van der Waals surface area contributed by atoms with Crippen molar-refractivity contribution < 1.29 is 4.79 Å². The summed E-state index contributed by atoms with van der Waals surface area (Å²) in [7, 11) is 0. The summed E-state index contributed by atoms with van der Waals surface area (Å²) in [4.78, 5) is 13.1. The lowest BCUT2D eigenvalue weighted by molar-refractivity contribution is -0.117. The second kappa shape index (κ2) is 7.50. The highest BCUT2D eigenvalue weighted by molar-refractivity contribution is 7.98. The summed E-state index contributed by atoms with van der Waals surface area (Å²) in [6.07, 6.45) is 0.525. The molecule has 0 unspecified atom stereocenters. The molecule has 0 spiro atoms. The van der Waals surface area contributed by atoms with Gasteiger partial charge in [-0.25, -0.2) is 0 Å². The second-order valence-corrected chi connectivity index (χ2v) is 7.63. The minimum atomic E-state index is 0.00948. The molecule has 0 aliphatic carbocycles. The zero-order valence-electron chi connectivity index (χ0n) is 13.4. The van der Waals surface area contributed by atoms with Crippen LogP contribution in [0, 0.1) is 5.41 Å². The molecule has 0 radical (unpaired) electrons. The molecule has 22 heavy (non-hydrogen) atoms. The summed E-state index contributed by atoms with van der Waals surface area (Å²) in [6.45, 7) is 6.20. The molecule has 2 aromatic rings. The van der Waals surface area contributed by atoms with Crippen molar-refractivity contribution in [3.63, 3.8) is 0 Å². The lowest BCUT2D eigenvalue weighted by Gasteiger charge is -2.17. The van der Waals surface area contributed by atoms with Crippen LogP contribution in [0.5, 0.6) is 0 Å². The predicted molar refractivity (Wildman–Crippen MR) is 95.1 cm³/mol. The van der Waals surface area contributed by atoms with E-state index in [9.17, 15) is 4.79 Å². The first-order chi connectivity index (χ1) is 10.4. The zero-order chi connectivity index (χ0) is 16.0. The van der Waals surface area contributed by atoms with Crippen molar-refractivity contribution in [1.82, 2.24) is 0 Å². The van der Waals surface area contributed by atoms with Crippen molar-refractivity contribution in [1.29, 1.82) is 0 Å². The average Bonchev–Trinajstić information content (AvgIpc) is 2.45. The molecule has 0 fully saturated rings. The van der Waals surface area contributed by atoms with E-state index in [0.29, 0.717) is 6.42 Å². The first-order valence-corrected chi connectivity index (χ1v) is 8.48. The topological polar surface area (TPSA) is 29.1 Å². The van der Waals surface area contributed by atoms with E-state index in [1.165, 1.54) is 10.5 Å². The van der Waals surface area contributed by atoms with Crippen LogP contribution in [0.2, 0.25) is 0 Å². The van der Waals surface area contributed by atoms with Crippen molar-refractivity contribution in [3.8, 4) is 0 Å². The molecule has 2 aromatic carbocycles. The first-order valence-electron chi connectivity index (χ1n) is 7.49. The SMILES string of the molecule is CC(C)(C)CC(=O)Nc1ccc(SCc2ccccc2)cc1. The van der Waals surface area contributed by atoms with Crippen LogP contribution >= 0.6 is 11.8 Å². The number of thioether (sulfide) groups is 1. The summed E-state index contributed by atoms with van der Waals surface area (Å²) in [5, 5.41) is 2.95. The Bertz CT molecular complexity index is 600. The minimum Gasteiger partial charge on any atom is -0.326 e. The molecule has 2 nitrogen and oxygen atoms in total. The predicted octanol–water partition coefficient (Wildman–Crippen LogP) is 5.35. The Labute approximate surface area is 137 Å². The smallest absolute Gasteiger partial charge is 0.224 e. The highest BCUT2D eigenvalue weighted by Crippen LogP contribution is 2.25. The van der Waals surface area contributed by atoms with E-state index in [1.54, 1.807) is 11.8 Å². The average molecular weight is 313 g/mol. The van der Waals surface area contributed by atoms with Crippen molar-refractivity contribution in [2.24, 2.45) is 5.41 Å². The van der Waals surface area contributed by atoms with Gasteiger partial charge in [0, 0.05) is 22.8 Å². The van der Waals surface area contributed by atoms with Crippen LogP contribution in [0.15, 0.2) is 59.5 Å². The van der Waals surface area contributed by atoms with Gasteiger partial charge in [0.25, 0.3) is 0 Å². The standard InChI is InChI=1S/C19H23NOS/c1-19(2,3)13-18(21)20-16-9-11-17(12-10-16)22-14-15-7-5-4-6-8-15/h4-12H,13-14H2,1-3H3,(H,20,21). The molecule has 0 saturated heterocycles. The molecule has 0 bridgehead atoms. The summed E-state index contributed by atoms with van der Waals surface area (Å²) in [6, 6.07) is 18.5. The van der Waals surface area contributed by atoms with Gasteiger partial charge >= 0.3 is 0 Å². The van der Waals surface area contributed by atoms with Gasteiger partial charge in [-0.15, -0.1) is 11.8 Å². The summed E-state index contributed by atoms with van der Waals surface area (Å²) < 4.78 is 0. The number of hydrogen-bond acceptors (Lipinski definition) is 2. The van der Waals surface area contributed by atoms with E-state index in [4.69, 9.17) is 0 Å². The molecule has 0 atom stereocenters. The Balaban J connectivity index is 1.86. The fourth-order valence-corrected chi connectivity index (χ4v) is 2.92. The maximum Gasteiger partial charge on any atom is 0.224 e. The largest absolute Gasteiger partial charge is 0.326 e. The van der Waals surface area contributed by atoms with Gasteiger partial charge in [0.1, 0.15) is 0 Å². The van der Waals surface area contributed by atoms with E-state index in [2.05, 4.69) is 62.5 Å². The molecule has 1 amide bonds. The van der Waals surface area contributed by atoms with Crippen molar-refractivity contribution >= 4 is 23.4 Å². The van der Waals surface area contributed by atoms with E-state index in [1.807, 2.05) is 18.2 Å². The van der Waals surface area contributed by atoms with Crippen LogP contribution in [0.4, 0.5) is 5.69 Å². The van der Waals surface area contributed by atoms with Gasteiger partial charge in [0.05, 0.1) is 0 Å². The van der Waals surface area contributed by atoms with Crippen LogP contribution in [-0.2, 0) is 10.5 Å². The molecule has 0 aliphatic heterocycles. The number of anilines is 1. The van der Waals surface area contributed by atoms with E-state index in [0.717, 1.165) is 11.4 Å². The lowest BCUT2D eigenvalue weighted by atomic mass is 9.92. The monoisotopic (exact) mass is 313 g/mol. The number of carbonyl (C=O) groups is 1. The number of benzene rings is 2. The van der Waals surface area contributed by atoms with Gasteiger partial charge in [-0.1, -0.05) is 51.1 Å². The number of hydrogen-bond donors (Lipinski definition) is 1. The quantitative estimate of drug-likeness (QED) is 0.753. The number of rotatable bonds is 5. The molecular formula is C19H23NOS. The lowest BCUT2D eigenvalue weighted by Crippen LogP contribution is -2.19. The fraction of sp³-hybridized carbons (Fsp3) is 0.316. The minimum absolute atomic E-state index is 0.00948. The Morgan fingerprint density at radius 3 is 2.23 bits per heavy atom. The van der Waals surface area contributed by atoms with Crippen LogP contribution in [0.1, 0.15) is 32.8 Å². The Kier molecular flexibility index (Phi) is 5.67. The van der Waals surface area contributed by atoms with Crippen molar-refractivity contribution in [2.75, 3.05) is 5.32 Å². The third-order valence-corrected chi connectivity index (χ3v) is 4.16. The van der Waals surface area contributed by atoms with Gasteiger partial charge in [-0.05, 0) is 35.2 Å². The maximum atomic E-state index is 11.9. The van der Waals surface area contributed by atoms with Gasteiger partial charge < -0.3 is 5.32 Å². The summed E-state index contributed by atoms with van der Waals surface area (Å²) in [5.41, 5.74) is 2.18. The normalized spacial score (nSPS) is 11.2. The third kappa shape index (κ3) is 5.94. The van der Waals surface area contributed by atoms with Crippen LogP contribution in [0.25, 0.3) is 0 Å². The molecule has 0 saturated carbocycles. The van der Waals surface area contributed by atoms with Gasteiger partial charge in [-0.2, -0.15) is 0 Å². The molecule has 0 heterocycles. The molecule has 116 valence electrons. The fourth-order valence-electron chi connectivity index (χ4n) is 2.06. The highest BCUT2D eigenvalue weighted by Gasteiger charge is 2.15. The van der Waals surface area contributed by atoms with Crippen LogP contribution in [0.3, 0.4) is 0 Å². The Hall–Kier alpha value is -1.74.